The van der Waals surface area contributed by atoms with Crippen molar-refractivity contribution in [2.45, 2.75) is 31.1 Å². The molecule has 0 aliphatic carbocycles. The summed E-state index contributed by atoms with van der Waals surface area (Å²) in [6.45, 7) is 2.15. The SMILES string of the molecule is CCCCOC(=O)c1ccc(NC(=O)CN(CCc2ccccc2)S(=O)(=O)c2ccc(Br)cc2)cc1. The van der Waals surface area contributed by atoms with Crippen LogP contribution in [-0.2, 0) is 26.0 Å². The lowest BCUT2D eigenvalue weighted by molar-refractivity contribution is -0.116. The van der Waals surface area contributed by atoms with Crippen LogP contribution in [0.2, 0.25) is 0 Å². The van der Waals surface area contributed by atoms with Gasteiger partial charge in [-0.3, -0.25) is 4.79 Å². The summed E-state index contributed by atoms with van der Waals surface area (Å²) in [5.74, 6) is -0.906. The average Bonchev–Trinajstić information content (AvgIpc) is 2.88. The fourth-order valence-electron chi connectivity index (χ4n) is 3.38. The van der Waals surface area contributed by atoms with Gasteiger partial charge in [0.05, 0.1) is 23.6 Å². The molecule has 190 valence electrons. The second-order valence-corrected chi connectivity index (χ2v) is 11.0. The molecule has 0 radical (unpaired) electrons. The van der Waals surface area contributed by atoms with Gasteiger partial charge in [0, 0.05) is 16.7 Å². The van der Waals surface area contributed by atoms with Gasteiger partial charge in [0.25, 0.3) is 0 Å². The smallest absolute Gasteiger partial charge is 0.338 e. The molecule has 9 heteroatoms. The summed E-state index contributed by atoms with van der Waals surface area (Å²) >= 11 is 3.32. The molecule has 0 atom stereocenters. The monoisotopic (exact) mass is 572 g/mol. The molecule has 0 bridgehead atoms. The van der Waals surface area contributed by atoms with Gasteiger partial charge in [-0.2, -0.15) is 4.31 Å². The first-order chi connectivity index (χ1) is 17.3. The molecule has 1 N–H and O–H groups in total. The van der Waals surface area contributed by atoms with Crippen molar-refractivity contribution in [3.05, 3.63) is 94.5 Å². The summed E-state index contributed by atoms with van der Waals surface area (Å²) in [4.78, 5) is 25.0. The Morgan fingerprint density at radius 3 is 2.25 bits per heavy atom. The molecule has 0 aliphatic rings. The zero-order valence-corrected chi connectivity index (χ0v) is 22.4. The van der Waals surface area contributed by atoms with E-state index in [-0.39, 0.29) is 18.0 Å². The van der Waals surface area contributed by atoms with Gasteiger partial charge in [0.1, 0.15) is 0 Å². The van der Waals surface area contributed by atoms with Crippen molar-refractivity contribution < 1.29 is 22.7 Å². The molecule has 0 spiro atoms. The van der Waals surface area contributed by atoms with Crippen LogP contribution >= 0.6 is 15.9 Å². The van der Waals surface area contributed by atoms with Crippen LogP contribution in [0.1, 0.15) is 35.7 Å². The molecule has 0 saturated carbocycles. The molecular weight excluding hydrogens is 544 g/mol. The number of carbonyl (C=O) groups excluding carboxylic acids is 2. The Labute approximate surface area is 220 Å². The number of nitrogens with zero attached hydrogens (tertiary/aromatic N) is 1. The van der Waals surface area contributed by atoms with Gasteiger partial charge in [-0.05, 0) is 66.9 Å². The Balaban J connectivity index is 1.70. The number of carbonyl (C=O) groups is 2. The van der Waals surface area contributed by atoms with E-state index < -0.39 is 21.9 Å². The summed E-state index contributed by atoms with van der Waals surface area (Å²) in [6, 6.07) is 22.1. The predicted molar refractivity (Wildman–Crippen MR) is 143 cm³/mol. The molecule has 3 aromatic rings. The zero-order valence-electron chi connectivity index (χ0n) is 20.0. The summed E-state index contributed by atoms with van der Waals surface area (Å²) in [6.07, 6.45) is 2.18. The fraction of sp³-hybridized carbons (Fsp3) is 0.259. The van der Waals surface area contributed by atoms with E-state index in [0.717, 1.165) is 22.9 Å². The maximum atomic E-state index is 13.4. The molecule has 0 saturated heterocycles. The minimum absolute atomic E-state index is 0.109. The lowest BCUT2D eigenvalue weighted by Gasteiger charge is -2.22. The van der Waals surface area contributed by atoms with E-state index in [1.165, 1.54) is 16.4 Å². The zero-order chi connectivity index (χ0) is 26.0. The first kappa shape index (κ1) is 27.6. The molecular formula is C27H29BrN2O5S. The van der Waals surface area contributed by atoms with Crippen LogP contribution < -0.4 is 5.32 Å². The Bertz CT molecular complexity index is 1250. The van der Waals surface area contributed by atoms with E-state index >= 15 is 0 Å². The highest BCUT2D eigenvalue weighted by atomic mass is 79.9. The van der Waals surface area contributed by atoms with E-state index in [0.29, 0.717) is 24.3 Å². The number of unbranched alkanes of at least 4 members (excludes halogenated alkanes) is 1. The van der Waals surface area contributed by atoms with Crippen LogP contribution in [0.3, 0.4) is 0 Å². The topological polar surface area (TPSA) is 92.8 Å². The number of benzene rings is 3. The largest absolute Gasteiger partial charge is 0.462 e. The third kappa shape index (κ3) is 8.01. The Kier molecular flexibility index (Phi) is 10.2. The summed E-state index contributed by atoms with van der Waals surface area (Å²) in [7, 11) is -3.91. The van der Waals surface area contributed by atoms with Crippen LogP contribution in [0.5, 0.6) is 0 Å². The van der Waals surface area contributed by atoms with Gasteiger partial charge in [-0.25, -0.2) is 13.2 Å². The number of ether oxygens (including phenoxy) is 1. The van der Waals surface area contributed by atoms with E-state index in [2.05, 4.69) is 21.2 Å². The van der Waals surface area contributed by atoms with Gasteiger partial charge in [-0.15, -0.1) is 0 Å². The average molecular weight is 574 g/mol. The summed E-state index contributed by atoms with van der Waals surface area (Å²) in [5, 5.41) is 2.72. The third-order valence-electron chi connectivity index (χ3n) is 5.40. The Morgan fingerprint density at radius 1 is 0.944 bits per heavy atom. The summed E-state index contributed by atoms with van der Waals surface area (Å²) < 4.78 is 33.8. The molecule has 1 amide bonds. The van der Waals surface area contributed by atoms with Crippen LogP contribution in [0, 0.1) is 0 Å². The Morgan fingerprint density at radius 2 is 1.61 bits per heavy atom. The Hall–Kier alpha value is -3.01. The molecule has 0 fully saturated rings. The molecule has 3 rings (SSSR count). The van der Waals surface area contributed by atoms with Crippen LogP contribution in [-0.4, -0.2) is 44.3 Å². The highest BCUT2D eigenvalue weighted by molar-refractivity contribution is 9.10. The number of rotatable bonds is 12. The van der Waals surface area contributed by atoms with E-state index in [9.17, 15) is 18.0 Å². The minimum Gasteiger partial charge on any atom is -0.462 e. The second-order valence-electron chi connectivity index (χ2n) is 8.14. The predicted octanol–water partition coefficient (Wildman–Crippen LogP) is 5.28. The molecule has 0 unspecified atom stereocenters. The second kappa shape index (κ2) is 13.3. The first-order valence-corrected chi connectivity index (χ1v) is 13.9. The number of sulfonamides is 1. The number of amides is 1. The van der Waals surface area contributed by atoms with Gasteiger partial charge in [-0.1, -0.05) is 59.6 Å². The van der Waals surface area contributed by atoms with Gasteiger partial charge < -0.3 is 10.1 Å². The highest BCUT2D eigenvalue weighted by Gasteiger charge is 2.26. The summed E-state index contributed by atoms with van der Waals surface area (Å²) in [5.41, 5.74) is 1.80. The molecule has 0 aromatic heterocycles. The number of halogens is 1. The number of esters is 1. The highest BCUT2D eigenvalue weighted by Crippen LogP contribution is 2.20. The number of hydrogen-bond donors (Lipinski definition) is 1. The number of nitrogens with one attached hydrogen (secondary N) is 1. The van der Waals surface area contributed by atoms with E-state index in [1.807, 2.05) is 37.3 Å². The number of anilines is 1. The third-order valence-corrected chi connectivity index (χ3v) is 7.79. The molecule has 0 aliphatic heterocycles. The lowest BCUT2D eigenvalue weighted by Crippen LogP contribution is -2.39. The maximum absolute atomic E-state index is 13.4. The maximum Gasteiger partial charge on any atom is 0.338 e. The molecule has 3 aromatic carbocycles. The van der Waals surface area contributed by atoms with E-state index in [1.54, 1.807) is 36.4 Å². The van der Waals surface area contributed by atoms with Crippen molar-refractivity contribution in [3.8, 4) is 0 Å². The molecule has 0 heterocycles. The van der Waals surface area contributed by atoms with Crippen molar-refractivity contribution in [2.24, 2.45) is 0 Å². The van der Waals surface area contributed by atoms with Crippen molar-refractivity contribution in [1.29, 1.82) is 0 Å². The van der Waals surface area contributed by atoms with Gasteiger partial charge in [0.15, 0.2) is 0 Å². The van der Waals surface area contributed by atoms with Crippen molar-refractivity contribution in [3.63, 3.8) is 0 Å². The van der Waals surface area contributed by atoms with E-state index in [4.69, 9.17) is 4.74 Å². The van der Waals surface area contributed by atoms with Gasteiger partial charge in [0.2, 0.25) is 15.9 Å². The van der Waals surface area contributed by atoms with Crippen LogP contribution in [0.15, 0.2) is 88.2 Å². The fourth-order valence-corrected chi connectivity index (χ4v) is 5.04. The van der Waals surface area contributed by atoms with Crippen LogP contribution in [0.4, 0.5) is 5.69 Å². The standard InChI is InChI=1S/C27H29BrN2O5S/c1-2-3-19-35-27(32)22-9-13-24(14-10-22)29-26(31)20-30(18-17-21-7-5-4-6-8-21)36(33,34)25-15-11-23(28)12-16-25/h4-16H,2-3,17-20H2,1H3,(H,29,31). The normalized spacial score (nSPS) is 11.3. The molecule has 7 nitrogen and oxygen atoms in total. The first-order valence-electron chi connectivity index (χ1n) is 11.7. The lowest BCUT2D eigenvalue weighted by atomic mass is 10.1. The van der Waals surface area contributed by atoms with Crippen LogP contribution in [0.25, 0.3) is 0 Å². The number of hydrogen-bond acceptors (Lipinski definition) is 5. The van der Waals surface area contributed by atoms with Crippen molar-refractivity contribution in [2.75, 3.05) is 25.0 Å². The quantitative estimate of drug-likeness (QED) is 0.235. The minimum atomic E-state index is -3.91. The van der Waals surface area contributed by atoms with Gasteiger partial charge >= 0.3 is 5.97 Å². The van der Waals surface area contributed by atoms with Crippen molar-refractivity contribution in [1.82, 2.24) is 4.31 Å². The molecule has 36 heavy (non-hydrogen) atoms. The van der Waals surface area contributed by atoms with Crippen molar-refractivity contribution >= 4 is 43.5 Å².